The molecule has 2 unspecified atom stereocenters. The van der Waals surface area contributed by atoms with Crippen molar-refractivity contribution in [2.45, 2.75) is 69.9 Å². The zero-order chi connectivity index (χ0) is 20.6. The van der Waals surface area contributed by atoms with Crippen molar-refractivity contribution >= 4 is 22.1 Å². The lowest BCUT2D eigenvalue weighted by atomic mass is 10.1. The number of halogens is 2. The van der Waals surface area contributed by atoms with Crippen molar-refractivity contribution in [1.82, 2.24) is 0 Å². The summed E-state index contributed by atoms with van der Waals surface area (Å²) in [6.45, 7) is 7.11. The Hall–Kier alpha value is -1.37. The Morgan fingerprint density at radius 2 is 1.65 bits per heavy atom. The van der Waals surface area contributed by atoms with Gasteiger partial charge in [0.15, 0.2) is 5.79 Å². The van der Waals surface area contributed by atoms with Crippen LogP contribution in [0, 0.1) is 0 Å². The molecule has 1 aliphatic rings. The summed E-state index contributed by atoms with van der Waals surface area (Å²) < 4.78 is 76.0. The fourth-order valence-electron chi connectivity index (χ4n) is 2.12. The summed E-state index contributed by atoms with van der Waals surface area (Å²) in [6, 6.07) is 0. The second kappa shape index (κ2) is 7.33. The largest absolute Gasteiger partial charge is 0.465 e. The molecule has 1 fully saturated rings. The lowest BCUT2D eigenvalue weighted by molar-refractivity contribution is -0.171. The van der Waals surface area contributed by atoms with Crippen molar-refractivity contribution in [3.8, 4) is 0 Å². The molecule has 0 aromatic heterocycles. The van der Waals surface area contributed by atoms with Crippen LogP contribution in [0.15, 0.2) is 0 Å². The van der Waals surface area contributed by atoms with Gasteiger partial charge in [-0.1, -0.05) is 0 Å². The highest BCUT2D eigenvalue weighted by atomic mass is 32.2. The smallest absolute Gasteiger partial charge is 0.460 e. The lowest BCUT2D eigenvalue weighted by Gasteiger charge is -2.22. The summed E-state index contributed by atoms with van der Waals surface area (Å²) in [7, 11) is -5.98. The van der Waals surface area contributed by atoms with E-state index in [1.807, 2.05) is 0 Å². The van der Waals surface area contributed by atoms with Crippen LogP contribution in [0.2, 0.25) is 0 Å². The molecule has 26 heavy (non-hydrogen) atoms. The second-order valence-corrected chi connectivity index (χ2v) is 8.56. The molecule has 1 N–H and O–H groups in total. The summed E-state index contributed by atoms with van der Waals surface area (Å²) >= 11 is 0. The summed E-state index contributed by atoms with van der Waals surface area (Å²) in [5, 5.41) is -5.12. The Bertz CT molecular complexity index is 652. The Balaban J connectivity index is 2.76. The fourth-order valence-corrected chi connectivity index (χ4v) is 2.39. The first-order chi connectivity index (χ1) is 11.4. The molecule has 152 valence electrons. The maximum absolute atomic E-state index is 13.2. The van der Waals surface area contributed by atoms with Crippen molar-refractivity contribution < 1.29 is 50.3 Å². The van der Waals surface area contributed by atoms with Gasteiger partial charge in [0.1, 0.15) is 24.4 Å². The van der Waals surface area contributed by atoms with Gasteiger partial charge in [-0.2, -0.15) is 17.2 Å². The van der Waals surface area contributed by atoms with Crippen molar-refractivity contribution in [2.75, 3.05) is 6.61 Å². The first-order valence-corrected chi connectivity index (χ1v) is 8.98. The molecule has 12 heteroatoms. The maximum Gasteiger partial charge on any atom is 0.465 e. The lowest BCUT2D eigenvalue weighted by Crippen LogP contribution is -2.41. The van der Waals surface area contributed by atoms with Crippen LogP contribution in [0.4, 0.5) is 8.78 Å². The van der Waals surface area contributed by atoms with E-state index in [2.05, 4.69) is 4.74 Å². The molecule has 0 spiro atoms. The van der Waals surface area contributed by atoms with Gasteiger partial charge in [0.25, 0.3) is 0 Å². The third kappa shape index (κ3) is 6.11. The van der Waals surface area contributed by atoms with Crippen LogP contribution >= 0.6 is 0 Å². The summed E-state index contributed by atoms with van der Waals surface area (Å²) in [6.07, 6.45) is -2.41. The maximum atomic E-state index is 13.2. The summed E-state index contributed by atoms with van der Waals surface area (Å²) in [5.41, 5.74) is -0.758. The monoisotopic (exact) mass is 404 g/mol. The molecule has 2 atom stereocenters. The summed E-state index contributed by atoms with van der Waals surface area (Å²) in [5.74, 6) is -4.32. The number of carbonyl (C=O) groups is 2. The molecule has 0 aromatic rings. The molecule has 0 aliphatic carbocycles. The molecule has 1 rings (SSSR count). The average molecular weight is 404 g/mol. The molecule has 1 aliphatic heterocycles. The van der Waals surface area contributed by atoms with Crippen LogP contribution in [0.1, 0.15) is 41.0 Å². The third-order valence-electron chi connectivity index (χ3n) is 3.01. The molecular formula is C14H22F2O9S. The van der Waals surface area contributed by atoms with Crippen molar-refractivity contribution in [1.29, 1.82) is 0 Å². The number of hydrogen-bond donors (Lipinski definition) is 1. The molecule has 0 aromatic carbocycles. The predicted octanol–water partition coefficient (Wildman–Crippen LogP) is 1.26. The highest BCUT2D eigenvalue weighted by Gasteiger charge is 2.55. The quantitative estimate of drug-likeness (QED) is 0.514. The van der Waals surface area contributed by atoms with Gasteiger partial charge in [-0.25, -0.2) is 4.79 Å². The van der Waals surface area contributed by atoms with Crippen LogP contribution in [-0.2, 0) is 38.7 Å². The van der Waals surface area contributed by atoms with E-state index in [0.29, 0.717) is 0 Å². The molecule has 1 saturated heterocycles. The minimum Gasteiger partial charge on any atom is -0.460 e. The van der Waals surface area contributed by atoms with Crippen LogP contribution < -0.4 is 0 Å². The topological polar surface area (TPSA) is 125 Å². The van der Waals surface area contributed by atoms with Gasteiger partial charge in [0.05, 0.1) is 6.42 Å². The number of alkyl halides is 2. The fraction of sp³-hybridized carbons (Fsp3) is 0.857. The zero-order valence-corrected chi connectivity index (χ0v) is 15.8. The van der Waals surface area contributed by atoms with E-state index in [-0.39, 0.29) is 6.42 Å². The number of carbonyl (C=O) groups excluding carboxylic acids is 2. The van der Waals surface area contributed by atoms with E-state index >= 15 is 0 Å². The van der Waals surface area contributed by atoms with Crippen LogP contribution in [0.3, 0.4) is 0 Å². The van der Waals surface area contributed by atoms with Crippen LogP contribution in [-0.4, -0.2) is 60.4 Å². The zero-order valence-electron chi connectivity index (χ0n) is 14.9. The highest BCUT2D eigenvalue weighted by Crippen LogP contribution is 2.31. The minimum absolute atomic E-state index is 0.308. The van der Waals surface area contributed by atoms with Crippen molar-refractivity contribution in [3.05, 3.63) is 0 Å². The predicted molar refractivity (Wildman–Crippen MR) is 81.7 cm³/mol. The highest BCUT2D eigenvalue weighted by molar-refractivity contribution is 7.87. The van der Waals surface area contributed by atoms with Gasteiger partial charge in [0.2, 0.25) is 0 Å². The van der Waals surface area contributed by atoms with Gasteiger partial charge >= 0.3 is 27.3 Å². The molecule has 0 saturated carbocycles. The van der Waals surface area contributed by atoms with E-state index < -0.39 is 57.5 Å². The van der Waals surface area contributed by atoms with E-state index in [0.717, 1.165) is 0 Å². The van der Waals surface area contributed by atoms with Crippen molar-refractivity contribution in [3.63, 3.8) is 0 Å². The number of esters is 2. The first-order valence-electron chi connectivity index (χ1n) is 7.54. The normalized spacial score (nSPS) is 23.5. The number of hydrogen-bond acceptors (Lipinski definition) is 8. The molecule has 0 bridgehead atoms. The third-order valence-corrected chi connectivity index (χ3v) is 3.83. The number of ether oxygens (including phenoxy) is 4. The second-order valence-electron chi connectivity index (χ2n) is 7.09. The molecule has 9 nitrogen and oxygen atoms in total. The van der Waals surface area contributed by atoms with Gasteiger partial charge < -0.3 is 18.9 Å². The summed E-state index contributed by atoms with van der Waals surface area (Å²) in [4.78, 5) is 23.1. The Morgan fingerprint density at radius 1 is 1.15 bits per heavy atom. The average Bonchev–Trinajstić information content (AvgIpc) is 2.66. The van der Waals surface area contributed by atoms with Crippen molar-refractivity contribution in [2.24, 2.45) is 0 Å². The first kappa shape index (κ1) is 22.7. The minimum atomic E-state index is -5.98. The van der Waals surface area contributed by atoms with E-state index in [9.17, 15) is 26.8 Å². The van der Waals surface area contributed by atoms with Gasteiger partial charge in [0, 0.05) is 0 Å². The van der Waals surface area contributed by atoms with Crippen LogP contribution in [0.25, 0.3) is 0 Å². The number of rotatable bonds is 6. The van der Waals surface area contributed by atoms with Crippen LogP contribution in [0.5, 0.6) is 0 Å². The standard InChI is InChI=1S/C14H22F2O9S/c1-12(2,3)25-10(17)6-8-9(24-13(4,5)23-8)7-22-11(18)14(15,16)26(19,20)21/h8-9H,6-7H2,1-5H3,(H,19,20,21). The Kier molecular flexibility index (Phi) is 6.39. The van der Waals surface area contributed by atoms with E-state index in [1.54, 1.807) is 20.8 Å². The van der Waals surface area contributed by atoms with E-state index in [4.69, 9.17) is 18.8 Å². The Labute approximate surface area is 149 Å². The molecule has 1 heterocycles. The van der Waals surface area contributed by atoms with Gasteiger partial charge in [-0.15, -0.1) is 0 Å². The Morgan fingerprint density at radius 3 is 2.12 bits per heavy atom. The van der Waals surface area contributed by atoms with E-state index in [1.165, 1.54) is 13.8 Å². The molecule has 0 amide bonds. The van der Waals surface area contributed by atoms with Gasteiger partial charge in [-0.3, -0.25) is 9.35 Å². The molecule has 0 radical (unpaired) electrons. The van der Waals surface area contributed by atoms with Gasteiger partial charge in [-0.05, 0) is 34.6 Å². The SMILES string of the molecule is CC(C)(C)OC(=O)CC1OC(C)(C)OC1COC(=O)C(F)(F)S(=O)(=O)O. The molecular weight excluding hydrogens is 382 g/mol.